The van der Waals surface area contributed by atoms with Gasteiger partial charge in [0.25, 0.3) is 5.24 Å². The van der Waals surface area contributed by atoms with Crippen LogP contribution >= 0.6 is 12.6 Å². The van der Waals surface area contributed by atoms with Gasteiger partial charge >= 0.3 is 0 Å². The third-order valence-corrected chi connectivity index (χ3v) is 0. The fraction of sp³-hybridized carbons (Fsp3) is 0. The van der Waals surface area contributed by atoms with Gasteiger partial charge in [-0.1, -0.05) is 12.6 Å². The number of nitrogens with two attached hydrogens (primary N) is 1. The van der Waals surface area contributed by atoms with Gasteiger partial charge < -0.3 is 5.73 Å². The zero-order valence-electron chi connectivity index (χ0n) is 2.34. The molecule has 0 saturated heterocycles. The number of hydrogen-bond donors (Lipinski definition) is 2. The summed E-state index contributed by atoms with van der Waals surface area (Å²) in [6.07, 6.45) is 0. The van der Waals surface area contributed by atoms with E-state index in [1.165, 1.54) is 0 Å². The molecule has 0 aromatic carbocycles. The van der Waals surface area contributed by atoms with Crippen molar-refractivity contribution in [3.8, 4) is 0 Å². The van der Waals surface area contributed by atoms with Gasteiger partial charge in [-0.2, -0.15) is 0 Å². The van der Waals surface area contributed by atoms with E-state index in [9.17, 15) is 0 Å². The van der Waals surface area contributed by atoms with Crippen LogP contribution in [0.15, 0.2) is 0 Å². The number of carbonyl (C=O) groups excluding carboxylic acids is 1. The Morgan fingerprint density at radius 1 is 1.80 bits per heavy atom. The largest absolute Gasteiger partial charge is 0.361 e. The van der Waals surface area contributed by atoms with Crippen molar-refractivity contribution < 1.29 is 22.2 Å². The molecule has 0 aromatic rings. The predicted octanol–water partition coefficient (Wildman–Crippen LogP) is -0.00760. The van der Waals surface area contributed by atoms with E-state index in [1.54, 1.807) is 0 Å². The topological polar surface area (TPSA) is 43.1 Å². The maximum absolute atomic E-state index is 9.09. The quantitative estimate of drug-likeness (QED) is 0.444. The summed E-state index contributed by atoms with van der Waals surface area (Å²) in [5, 5.41) is -0.639. The Bertz CT molecular complexity index is 34.6. The summed E-state index contributed by atoms with van der Waals surface area (Å²) >= 11 is 3.10. The maximum atomic E-state index is 9.09. The first-order valence-corrected chi connectivity index (χ1v) is 1.16. The molecule has 5 heavy (non-hydrogen) atoms. The summed E-state index contributed by atoms with van der Waals surface area (Å²) in [7, 11) is 0. The molecular weight excluding hydrogens is 126 g/mol. The Kier molecular flexibility index (Phi) is 7.85. The molecule has 0 rings (SSSR count). The van der Waals surface area contributed by atoms with E-state index >= 15 is 0 Å². The van der Waals surface area contributed by atoms with Crippen molar-refractivity contribution in [3.63, 3.8) is 0 Å². The third-order valence-electron chi connectivity index (χ3n) is 0. The summed E-state index contributed by atoms with van der Waals surface area (Å²) in [4.78, 5) is 9.09. The molecule has 2 nitrogen and oxygen atoms in total. The Balaban J connectivity index is 0. The first-order chi connectivity index (χ1) is 1.73. The van der Waals surface area contributed by atoms with Crippen LogP contribution in [0.25, 0.3) is 0 Å². The number of rotatable bonds is 0. The van der Waals surface area contributed by atoms with Crippen molar-refractivity contribution >= 4 is 17.9 Å². The molecule has 0 atom stereocenters. The van der Waals surface area contributed by atoms with Crippen molar-refractivity contribution in [2.24, 2.45) is 5.73 Å². The van der Waals surface area contributed by atoms with E-state index in [0.29, 0.717) is 0 Å². The molecule has 0 aromatic heterocycles. The second-order valence-corrected chi connectivity index (χ2v) is 0.779. The van der Waals surface area contributed by atoms with Crippen LogP contribution in [0, 0.1) is 0 Å². The molecule has 0 spiro atoms. The van der Waals surface area contributed by atoms with E-state index in [4.69, 9.17) is 4.79 Å². The van der Waals surface area contributed by atoms with Gasteiger partial charge in [0.1, 0.15) is 0 Å². The van der Waals surface area contributed by atoms with Gasteiger partial charge in [-0.15, -0.1) is 0 Å². The Morgan fingerprint density at radius 2 is 1.80 bits per heavy atom. The Hall–Kier alpha value is 0.352. The van der Waals surface area contributed by atoms with Crippen molar-refractivity contribution in [1.29, 1.82) is 0 Å². The number of carbonyl (C=O) groups is 1. The normalized spacial score (nSPS) is 5.00. The second-order valence-electron chi connectivity index (χ2n) is 0.338. The zero-order valence-corrected chi connectivity index (χ0v) is 4.51. The fourth-order valence-electron chi connectivity index (χ4n) is 0. The molecule has 0 aliphatic carbocycles. The van der Waals surface area contributed by atoms with E-state index in [0.717, 1.165) is 0 Å². The van der Waals surface area contributed by atoms with Crippen molar-refractivity contribution in [2.75, 3.05) is 0 Å². The van der Waals surface area contributed by atoms with Crippen molar-refractivity contribution in [2.45, 2.75) is 0 Å². The molecule has 1 amide bonds. The minimum absolute atomic E-state index is 0. The van der Waals surface area contributed by atoms with Crippen molar-refractivity contribution in [1.82, 2.24) is 0 Å². The summed E-state index contributed by atoms with van der Waals surface area (Å²) in [5.74, 6) is 0. The van der Waals surface area contributed by atoms with Crippen LogP contribution in [0.2, 0.25) is 0 Å². The first-order valence-electron chi connectivity index (χ1n) is 0.716. The molecule has 4 heteroatoms. The van der Waals surface area contributed by atoms with Crippen LogP contribution < -0.4 is 5.73 Å². The van der Waals surface area contributed by atoms with Crippen LogP contribution in [-0.4, -0.2) is 5.24 Å². The van der Waals surface area contributed by atoms with Crippen LogP contribution in [0.4, 0.5) is 4.79 Å². The van der Waals surface area contributed by atoms with E-state index < -0.39 is 5.24 Å². The van der Waals surface area contributed by atoms with Gasteiger partial charge in [-0.25, -0.2) is 0 Å². The zero-order chi connectivity index (χ0) is 3.58. The summed E-state index contributed by atoms with van der Waals surface area (Å²) in [5.41, 5.74) is 4.34. The number of thiol groups is 1. The van der Waals surface area contributed by atoms with E-state index in [-0.39, 0.29) is 17.4 Å². The number of amides is 1. The van der Waals surface area contributed by atoms with Gasteiger partial charge in [-0.3, -0.25) is 4.79 Å². The molecule has 0 radical (unpaired) electrons. The van der Waals surface area contributed by atoms with Crippen LogP contribution in [0.5, 0.6) is 0 Å². The summed E-state index contributed by atoms with van der Waals surface area (Å²) < 4.78 is 0. The minimum atomic E-state index is -0.639. The van der Waals surface area contributed by atoms with Crippen LogP contribution in [0.1, 0.15) is 0 Å². The smallest absolute Gasteiger partial charge is 0.273 e. The van der Waals surface area contributed by atoms with Crippen molar-refractivity contribution in [3.05, 3.63) is 0 Å². The van der Waals surface area contributed by atoms with Gasteiger partial charge in [0.2, 0.25) is 0 Å². The Morgan fingerprint density at radius 3 is 1.80 bits per heavy atom. The molecule has 0 saturated carbocycles. The van der Waals surface area contributed by atoms with Gasteiger partial charge in [0, 0.05) is 17.4 Å². The van der Waals surface area contributed by atoms with E-state index in [2.05, 4.69) is 18.4 Å². The van der Waals surface area contributed by atoms with Crippen LogP contribution in [-0.2, 0) is 17.4 Å². The van der Waals surface area contributed by atoms with Gasteiger partial charge in [0.15, 0.2) is 0 Å². The maximum Gasteiger partial charge on any atom is 0.273 e. The predicted molar refractivity (Wildman–Crippen MR) is 18.6 cm³/mol. The van der Waals surface area contributed by atoms with Gasteiger partial charge in [-0.05, 0) is 0 Å². The monoisotopic (exact) mass is 129 g/mol. The summed E-state index contributed by atoms with van der Waals surface area (Å²) in [6.45, 7) is 0. The molecule has 0 unspecified atom stereocenters. The molecule has 0 heterocycles. The van der Waals surface area contributed by atoms with Crippen LogP contribution in [0.3, 0.4) is 0 Å². The number of primary amides is 1. The molecule has 30 valence electrons. The minimum Gasteiger partial charge on any atom is -0.361 e. The number of hydrogen-bond acceptors (Lipinski definition) is 1. The standard InChI is InChI=1S/CH3NOS.Cr/c2-1(3)4;/h(H3,2,3,4);. The van der Waals surface area contributed by atoms with Gasteiger partial charge in [0.05, 0.1) is 0 Å². The molecule has 2 N–H and O–H groups in total. The molecule has 0 aliphatic rings. The first kappa shape index (κ1) is 9.02. The summed E-state index contributed by atoms with van der Waals surface area (Å²) in [6, 6.07) is 0. The van der Waals surface area contributed by atoms with E-state index in [1.807, 2.05) is 0 Å². The third kappa shape index (κ3) is 194. The average Bonchev–Trinajstić information content (AvgIpc) is 0.811. The average molecular weight is 129 g/mol. The molecule has 0 fully saturated rings. The molecule has 0 aliphatic heterocycles. The Labute approximate surface area is 46.3 Å². The molecule has 0 bridgehead atoms. The molecular formula is CH3CrNOS. The second kappa shape index (κ2) is 4.35. The fourth-order valence-corrected chi connectivity index (χ4v) is 0. The SMILES string of the molecule is NC(=O)S.[Cr].